The molecule has 0 atom stereocenters. The highest BCUT2D eigenvalue weighted by molar-refractivity contribution is 5.86. The van der Waals surface area contributed by atoms with Gasteiger partial charge in [0.25, 0.3) is 0 Å². The summed E-state index contributed by atoms with van der Waals surface area (Å²) in [5.41, 5.74) is 0.659. The number of anilines is 1. The van der Waals surface area contributed by atoms with Crippen LogP contribution in [0.2, 0.25) is 0 Å². The van der Waals surface area contributed by atoms with Gasteiger partial charge >= 0.3 is 6.09 Å². The van der Waals surface area contributed by atoms with E-state index in [0.717, 1.165) is 26.1 Å². The maximum Gasteiger partial charge on any atom is 0.411 e. The van der Waals surface area contributed by atoms with Crippen molar-refractivity contribution in [2.75, 3.05) is 38.2 Å². The van der Waals surface area contributed by atoms with Crippen LogP contribution in [0.5, 0.6) is 5.75 Å². The number of nitrogens with zero attached hydrogens (tertiary/aromatic N) is 1. The van der Waals surface area contributed by atoms with E-state index in [9.17, 15) is 4.79 Å². The van der Waals surface area contributed by atoms with E-state index in [1.165, 1.54) is 32.1 Å². The summed E-state index contributed by atoms with van der Waals surface area (Å²) in [6.45, 7) is 10.1. The van der Waals surface area contributed by atoms with E-state index >= 15 is 0 Å². The number of unbranched alkanes of at least 4 members (excludes halogenated alkanes) is 5. The van der Waals surface area contributed by atoms with Crippen molar-refractivity contribution >= 4 is 11.8 Å². The largest absolute Gasteiger partial charge is 0.491 e. The van der Waals surface area contributed by atoms with Gasteiger partial charge in [-0.3, -0.25) is 5.32 Å². The molecule has 0 bridgehead atoms. The molecule has 0 fully saturated rings. The quantitative estimate of drug-likeness (QED) is 0.454. The normalized spacial score (nSPS) is 10.8. The fraction of sp³-hybridized carbons (Fsp3) is 0.667. The predicted molar refractivity (Wildman–Crippen MR) is 108 cm³/mol. The molecule has 1 aromatic rings. The lowest BCUT2D eigenvalue weighted by molar-refractivity contribution is 0.142. The molecule has 1 aromatic carbocycles. The van der Waals surface area contributed by atoms with Crippen molar-refractivity contribution in [1.29, 1.82) is 0 Å². The van der Waals surface area contributed by atoms with Gasteiger partial charge in [-0.1, -0.05) is 65.0 Å². The lowest BCUT2D eigenvalue weighted by Crippen LogP contribution is -2.28. The predicted octanol–water partition coefficient (Wildman–Crippen LogP) is 5.32. The number of benzene rings is 1. The second kappa shape index (κ2) is 14.4. The molecule has 0 heterocycles. The Morgan fingerprint density at radius 2 is 1.65 bits per heavy atom. The topological polar surface area (TPSA) is 50.8 Å². The average molecular weight is 365 g/mol. The monoisotopic (exact) mass is 364 g/mol. The zero-order valence-corrected chi connectivity index (χ0v) is 16.8. The molecule has 5 nitrogen and oxygen atoms in total. The van der Waals surface area contributed by atoms with Gasteiger partial charge in [0.1, 0.15) is 12.4 Å². The first kappa shape index (κ1) is 22.3. The molecule has 26 heavy (non-hydrogen) atoms. The van der Waals surface area contributed by atoms with E-state index in [1.807, 2.05) is 24.3 Å². The standard InChI is InChI=1S/C21H36N2O3/c1-4-7-8-9-10-13-17-25-20-15-12-11-14-19(20)22-21(24)26-18-16-23(5-2)6-3/h11-12,14-15H,4-10,13,16-18H2,1-3H3,(H,22,24). The Morgan fingerprint density at radius 3 is 2.38 bits per heavy atom. The van der Waals surface area contributed by atoms with Gasteiger partial charge in [-0.05, 0) is 31.6 Å². The van der Waals surface area contributed by atoms with Gasteiger partial charge in [0, 0.05) is 6.54 Å². The molecule has 0 aliphatic heterocycles. The molecule has 0 radical (unpaired) electrons. The molecule has 0 unspecified atom stereocenters. The van der Waals surface area contributed by atoms with Crippen LogP contribution in [0.3, 0.4) is 0 Å². The zero-order valence-electron chi connectivity index (χ0n) is 16.8. The smallest absolute Gasteiger partial charge is 0.411 e. The van der Waals surface area contributed by atoms with Crippen LogP contribution in [0.25, 0.3) is 0 Å². The second-order valence-corrected chi connectivity index (χ2v) is 6.40. The molecule has 1 amide bonds. The number of carbonyl (C=O) groups excluding carboxylic acids is 1. The Kier molecular flexibility index (Phi) is 12.4. The number of para-hydroxylation sites is 2. The summed E-state index contributed by atoms with van der Waals surface area (Å²) in [6, 6.07) is 7.50. The van der Waals surface area contributed by atoms with Gasteiger partial charge in [-0.15, -0.1) is 0 Å². The highest BCUT2D eigenvalue weighted by Gasteiger charge is 2.09. The van der Waals surface area contributed by atoms with E-state index in [0.29, 0.717) is 24.7 Å². The van der Waals surface area contributed by atoms with Crippen LogP contribution in [0.15, 0.2) is 24.3 Å². The minimum Gasteiger partial charge on any atom is -0.491 e. The van der Waals surface area contributed by atoms with E-state index in [1.54, 1.807) is 0 Å². The zero-order chi connectivity index (χ0) is 19.0. The van der Waals surface area contributed by atoms with Crippen LogP contribution in [0.4, 0.5) is 10.5 Å². The van der Waals surface area contributed by atoms with Gasteiger partial charge in [0.2, 0.25) is 0 Å². The maximum atomic E-state index is 12.0. The molecule has 0 saturated heterocycles. The second-order valence-electron chi connectivity index (χ2n) is 6.40. The highest BCUT2D eigenvalue weighted by Crippen LogP contribution is 2.24. The van der Waals surface area contributed by atoms with Crippen molar-refractivity contribution in [1.82, 2.24) is 4.90 Å². The number of ether oxygens (including phenoxy) is 2. The van der Waals surface area contributed by atoms with Crippen molar-refractivity contribution in [3.05, 3.63) is 24.3 Å². The van der Waals surface area contributed by atoms with Gasteiger partial charge in [0.15, 0.2) is 0 Å². The maximum absolute atomic E-state index is 12.0. The van der Waals surface area contributed by atoms with Gasteiger partial charge in [-0.2, -0.15) is 0 Å². The summed E-state index contributed by atoms with van der Waals surface area (Å²) >= 11 is 0. The molecule has 148 valence electrons. The highest BCUT2D eigenvalue weighted by atomic mass is 16.5. The molecule has 0 aliphatic carbocycles. The third kappa shape index (κ3) is 9.66. The number of hydrogen-bond donors (Lipinski definition) is 1. The van der Waals surface area contributed by atoms with E-state index < -0.39 is 6.09 Å². The molecule has 0 aliphatic rings. The molecule has 5 heteroatoms. The average Bonchev–Trinajstić information content (AvgIpc) is 2.66. The third-order valence-electron chi connectivity index (χ3n) is 4.41. The van der Waals surface area contributed by atoms with Gasteiger partial charge in [0.05, 0.1) is 12.3 Å². The van der Waals surface area contributed by atoms with Crippen molar-refractivity contribution in [2.24, 2.45) is 0 Å². The summed E-state index contributed by atoms with van der Waals surface area (Å²) in [6.07, 6.45) is 6.91. The van der Waals surface area contributed by atoms with Crippen molar-refractivity contribution < 1.29 is 14.3 Å². The molecule has 1 rings (SSSR count). The summed E-state index contributed by atoms with van der Waals surface area (Å²) in [5, 5.41) is 2.78. The number of likely N-dealkylation sites (N-methyl/N-ethyl adjacent to an activating group) is 1. The van der Waals surface area contributed by atoms with Crippen LogP contribution >= 0.6 is 0 Å². The number of amides is 1. The molecule has 1 N–H and O–H groups in total. The number of nitrogens with one attached hydrogen (secondary N) is 1. The lowest BCUT2D eigenvalue weighted by atomic mass is 10.1. The first-order valence-corrected chi connectivity index (χ1v) is 10.1. The summed E-state index contributed by atoms with van der Waals surface area (Å²) < 4.78 is 11.1. The van der Waals surface area contributed by atoms with Crippen molar-refractivity contribution in [2.45, 2.75) is 59.3 Å². The van der Waals surface area contributed by atoms with Crippen LogP contribution in [-0.4, -0.2) is 43.8 Å². The van der Waals surface area contributed by atoms with Crippen LogP contribution < -0.4 is 10.1 Å². The Bertz CT molecular complexity index is 490. The molecular weight excluding hydrogens is 328 g/mol. The minimum absolute atomic E-state index is 0.383. The molecule has 0 spiro atoms. The van der Waals surface area contributed by atoms with E-state index in [4.69, 9.17) is 9.47 Å². The molecule has 0 saturated carbocycles. The SMILES string of the molecule is CCCCCCCCOc1ccccc1NC(=O)OCCN(CC)CC. The first-order chi connectivity index (χ1) is 12.7. The number of carbonyl (C=O) groups is 1. The Hall–Kier alpha value is -1.75. The van der Waals surface area contributed by atoms with Crippen LogP contribution in [-0.2, 0) is 4.74 Å². The Balaban J connectivity index is 2.32. The molecule has 0 aromatic heterocycles. The molecular formula is C21H36N2O3. The lowest BCUT2D eigenvalue weighted by Gasteiger charge is -2.18. The summed E-state index contributed by atoms with van der Waals surface area (Å²) in [4.78, 5) is 14.2. The van der Waals surface area contributed by atoms with Gasteiger partial charge < -0.3 is 14.4 Å². The minimum atomic E-state index is -0.437. The Morgan fingerprint density at radius 1 is 0.962 bits per heavy atom. The van der Waals surface area contributed by atoms with Crippen molar-refractivity contribution in [3.63, 3.8) is 0 Å². The van der Waals surface area contributed by atoms with E-state index in [-0.39, 0.29) is 0 Å². The fourth-order valence-corrected chi connectivity index (χ4v) is 2.71. The Labute approximate surface area is 159 Å². The summed E-state index contributed by atoms with van der Waals surface area (Å²) in [7, 11) is 0. The van der Waals surface area contributed by atoms with Crippen molar-refractivity contribution in [3.8, 4) is 5.75 Å². The summed E-state index contributed by atoms with van der Waals surface area (Å²) in [5.74, 6) is 0.696. The first-order valence-electron chi connectivity index (χ1n) is 10.1. The third-order valence-corrected chi connectivity index (χ3v) is 4.41. The van der Waals surface area contributed by atoms with E-state index in [2.05, 4.69) is 31.0 Å². The van der Waals surface area contributed by atoms with Crippen LogP contribution in [0.1, 0.15) is 59.3 Å². The van der Waals surface area contributed by atoms with Gasteiger partial charge in [-0.25, -0.2) is 4.79 Å². The fourth-order valence-electron chi connectivity index (χ4n) is 2.71. The van der Waals surface area contributed by atoms with Crippen LogP contribution in [0, 0.1) is 0 Å². The number of rotatable bonds is 14. The number of hydrogen-bond acceptors (Lipinski definition) is 4.